The van der Waals surface area contributed by atoms with Gasteiger partial charge in [0.15, 0.2) is 6.61 Å². The number of nitrogens with zero attached hydrogens (tertiary/aromatic N) is 2. The van der Waals surface area contributed by atoms with Crippen LogP contribution in [0.3, 0.4) is 0 Å². The van der Waals surface area contributed by atoms with Gasteiger partial charge in [0.05, 0.1) is 6.33 Å². The third-order valence-electron chi connectivity index (χ3n) is 4.10. The van der Waals surface area contributed by atoms with Crippen LogP contribution in [0.4, 0.5) is 0 Å². The van der Waals surface area contributed by atoms with Crippen LogP contribution in [0.2, 0.25) is 0 Å². The summed E-state index contributed by atoms with van der Waals surface area (Å²) in [6.45, 7) is 8.18. The number of carbonyl (C=O) groups is 1. The number of benzene rings is 1. The highest BCUT2D eigenvalue weighted by Crippen LogP contribution is 2.20. The predicted octanol–water partition coefficient (Wildman–Crippen LogP) is 1.67. The van der Waals surface area contributed by atoms with E-state index in [0.29, 0.717) is 24.4 Å². The van der Waals surface area contributed by atoms with Crippen molar-refractivity contribution >= 4 is 5.91 Å². The maximum atomic E-state index is 12.0. The third-order valence-corrected chi connectivity index (χ3v) is 4.10. The number of carbonyl (C=O) groups excluding carboxylic acids is 1. The van der Waals surface area contributed by atoms with E-state index in [1.807, 2.05) is 32.0 Å². The minimum Gasteiger partial charge on any atom is -0.483 e. The second-order valence-electron chi connectivity index (χ2n) is 5.79. The molecule has 2 aromatic rings. The monoisotopic (exact) mass is 329 g/mol. The predicted molar refractivity (Wildman–Crippen MR) is 92.4 cm³/mol. The Morgan fingerprint density at radius 3 is 2.71 bits per heavy atom. The van der Waals surface area contributed by atoms with E-state index < -0.39 is 0 Å². The molecule has 0 unspecified atom stereocenters. The van der Waals surface area contributed by atoms with E-state index in [2.05, 4.69) is 10.3 Å². The molecule has 0 saturated heterocycles. The summed E-state index contributed by atoms with van der Waals surface area (Å²) in [7, 11) is 0. The lowest BCUT2D eigenvalue weighted by molar-refractivity contribution is -0.123. The first-order valence-electron chi connectivity index (χ1n) is 7.88. The molecule has 24 heavy (non-hydrogen) atoms. The van der Waals surface area contributed by atoms with Gasteiger partial charge in [-0.05, 0) is 44.9 Å². The molecule has 0 spiro atoms. The van der Waals surface area contributed by atoms with Crippen LogP contribution in [-0.2, 0) is 11.3 Å². The van der Waals surface area contributed by atoms with Crippen LogP contribution in [0.15, 0.2) is 29.3 Å². The van der Waals surface area contributed by atoms with Crippen molar-refractivity contribution in [3.8, 4) is 5.75 Å². The molecule has 2 rings (SSSR count). The van der Waals surface area contributed by atoms with Crippen molar-refractivity contribution < 1.29 is 9.53 Å². The lowest BCUT2D eigenvalue weighted by Gasteiger charge is -2.11. The van der Waals surface area contributed by atoms with Crippen molar-refractivity contribution in [1.29, 1.82) is 0 Å². The Bertz CT molecular complexity index is 797. The largest absolute Gasteiger partial charge is 0.483 e. The standard InChI is InChI=1S/C18H23N3O3/c1-12-6-5-7-16(13(12)2)24-10-17(22)19-8-9-21-11-20-15(4)14(3)18(21)23/h5-7,11H,8-10H2,1-4H3,(H,19,22). The van der Waals surface area contributed by atoms with Crippen molar-refractivity contribution in [1.82, 2.24) is 14.9 Å². The summed E-state index contributed by atoms with van der Waals surface area (Å²) < 4.78 is 7.04. The zero-order valence-corrected chi connectivity index (χ0v) is 14.5. The fourth-order valence-corrected chi connectivity index (χ4v) is 2.23. The Hall–Kier alpha value is -2.63. The van der Waals surface area contributed by atoms with Crippen molar-refractivity contribution in [3.63, 3.8) is 0 Å². The number of ether oxygens (including phenoxy) is 1. The molecule has 1 aromatic carbocycles. The highest BCUT2D eigenvalue weighted by atomic mass is 16.5. The Kier molecular flexibility index (Phi) is 5.73. The molecule has 0 radical (unpaired) electrons. The molecule has 6 nitrogen and oxygen atoms in total. The normalized spacial score (nSPS) is 10.5. The van der Waals surface area contributed by atoms with Gasteiger partial charge in [0, 0.05) is 24.3 Å². The average molecular weight is 329 g/mol. The summed E-state index contributed by atoms with van der Waals surface area (Å²) >= 11 is 0. The Morgan fingerprint density at radius 1 is 1.21 bits per heavy atom. The second kappa shape index (κ2) is 7.77. The molecule has 1 heterocycles. The number of rotatable bonds is 6. The number of aryl methyl sites for hydroxylation is 2. The maximum absolute atomic E-state index is 12.0. The number of aromatic nitrogens is 2. The van der Waals surface area contributed by atoms with E-state index in [0.717, 1.165) is 16.8 Å². The molecule has 0 atom stereocenters. The molecule has 1 N–H and O–H groups in total. The smallest absolute Gasteiger partial charge is 0.258 e. The molecule has 6 heteroatoms. The lowest BCUT2D eigenvalue weighted by atomic mass is 10.1. The van der Waals surface area contributed by atoms with Gasteiger partial charge < -0.3 is 10.1 Å². The molecule has 0 aliphatic rings. The van der Waals surface area contributed by atoms with E-state index >= 15 is 0 Å². The van der Waals surface area contributed by atoms with Crippen LogP contribution in [0.1, 0.15) is 22.4 Å². The van der Waals surface area contributed by atoms with E-state index in [9.17, 15) is 9.59 Å². The van der Waals surface area contributed by atoms with Gasteiger partial charge in [-0.25, -0.2) is 4.98 Å². The fraction of sp³-hybridized carbons (Fsp3) is 0.389. The highest BCUT2D eigenvalue weighted by molar-refractivity contribution is 5.77. The fourth-order valence-electron chi connectivity index (χ4n) is 2.23. The summed E-state index contributed by atoms with van der Waals surface area (Å²) in [5, 5.41) is 2.75. The third kappa shape index (κ3) is 4.22. The zero-order chi connectivity index (χ0) is 17.7. The zero-order valence-electron chi connectivity index (χ0n) is 14.5. The highest BCUT2D eigenvalue weighted by Gasteiger charge is 2.07. The molecular formula is C18H23N3O3. The van der Waals surface area contributed by atoms with E-state index in [1.165, 1.54) is 10.9 Å². The summed E-state index contributed by atoms with van der Waals surface area (Å²) in [6, 6.07) is 5.74. The van der Waals surface area contributed by atoms with Gasteiger partial charge in [-0.2, -0.15) is 0 Å². The minimum absolute atomic E-state index is 0.0512. The van der Waals surface area contributed by atoms with E-state index in [-0.39, 0.29) is 18.1 Å². The van der Waals surface area contributed by atoms with Crippen molar-refractivity contribution in [2.75, 3.05) is 13.2 Å². The first-order chi connectivity index (χ1) is 11.4. The van der Waals surface area contributed by atoms with Crippen LogP contribution < -0.4 is 15.6 Å². The van der Waals surface area contributed by atoms with E-state index in [1.54, 1.807) is 13.8 Å². The molecule has 128 valence electrons. The topological polar surface area (TPSA) is 73.2 Å². The van der Waals surface area contributed by atoms with Gasteiger partial charge in [-0.1, -0.05) is 12.1 Å². The average Bonchev–Trinajstić information content (AvgIpc) is 2.56. The van der Waals surface area contributed by atoms with Gasteiger partial charge >= 0.3 is 0 Å². The summed E-state index contributed by atoms with van der Waals surface area (Å²) in [6.07, 6.45) is 1.50. The van der Waals surface area contributed by atoms with Crippen LogP contribution in [0.25, 0.3) is 0 Å². The quantitative estimate of drug-likeness (QED) is 0.875. The van der Waals surface area contributed by atoms with Crippen LogP contribution >= 0.6 is 0 Å². The Morgan fingerprint density at radius 2 is 1.96 bits per heavy atom. The molecule has 0 fully saturated rings. The van der Waals surface area contributed by atoms with Gasteiger partial charge in [-0.3, -0.25) is 14.2 Å². The number of hydrogen-bond donors (Lipinski definition) is 1. The maximum Gasteiger partial charge on any atom is 0.258 e. The molecule has 0 bridgehead atoms. The molecule has 0 aliphatic carbocycles. The van der Waals surface area contributed by atoms with Crippen molar-refractivity contribution in [3.05, 3.63) is 57.3 Å². The summed E-state index contributed by atoms with van der Waals surface area (Å²) in [4.78, 5) is 28.1. The number of hydrogen-bond acceptors (Lipinski definition) is 4. The Labute approximate surface area is 141 Å². The summed E-state index contributed by atoms with van der Waals surface area (Å²) in [5.41, 5.74) is 3.42. The second-order valence-corrected chi connectivity index (χ2v) is 5.79. The first-order valence-corrected chi connectivity index (χ1v) is 7.88. The molecular weight excluding hydrogens is 306 g/mol. The van der Waals surface area contributed by atoms with Gasteiger partial charge in [0.25, 0.3) is 11.5 Å². The van der Waals surface area contributed by atoms with Crippen LogP contribution in [0.5, 0.6) is 5.75 Å². The van der Waals surface area contributed by atoms with E-state index in [4.69, 9.17) is 4.74 Å². The molecule has 1 aromatic heterocycles. The van der Waals surface area contributed by atoms with Gasteiger partial charge in [0.1, 0.15) is 5.75 Å². The SMILES string of the molecule is Cc1cccc(OCC(=O)NCCn2cnc(C)c(C)c2=O)c1C. The number of amides is 1. The number of nitrogens with one attached hydrogen (secondary N) is 1. The lowest BCUT2D eigenvalue weighted by Crippen LogP contribution is -2.34. The molecule has 0 saturated carbocycles. The van der Waals surface area contributed by atoms with Crippen LogP contribution in [0, 0.1) is 27.7 Å². The Balaban J connectivity index is 1.83. The summed E-state index contributed by atoms with van der Waals surface area (Å²) in [5.74, 6) is 0.487. The first kappa shape index (κ1) is 17.7. The molecule has 0 aliphatic heterocycles. The van der Waals surface area contributed by atoms with Gasteiger partial charge in [-0.15, -0.1) is 0 Å². The van der Waals surface area contributed by atoms with Crippen molar-refractivity contribution in [2.24, 2.45) is 0 Å². The van der Waals surface area contributed by atoms with Gasteiger partial charge in [0.2, 0.25) is 0 Å². The van der Waals surface area contributed by atoms with Crippen molar-refractivity contribution in [2.45, 2.75) is 34.2 Å². The minimum atomic E-state index is -0.222. The van der Waals surface area contributed by atoms with Crippen LogP contribution in [-0.4, -0.2) is 28.6 Å². The molecule has 1 amide bonds.